The number of hydrogen-bond donors (Lipinski definition) is 1. The third-order valence-corrected chi connectivity index (χ3v) is 2.55. The summed E-state index contributed by atoms with van der Waals surface area (Å²) in [5.41, 5.74) is 0. The lowest BCUT2D eigenvalue weighted by Crippen LogP contribution is -2.48. The van der Waals surface area contributed by atoms with Gasteiger partial charge in [-0.3, -0.25) is 4.79 Å². The number of rotatable bonds is 3. The number of carbonyl (C=O) groups is 1. The molecule has 1 atom stereocenters. The number of methoxy groups -OCH3 is 1. The average molecular weight is 200 g/mol. The standard InChI is InChI=1S/C10H20N2O2/c1-9-10(13)12(7-8-14-2)6-4-3-5-11-9/h9,11H,3-8H2,1-2H3. The van der Waals surface area contributed by atoms with Crippen LogP contribution in [0.4, 0.5) is 0 Å². The van der Waals surface area contributed by atoms with E-state index < -0.39 is 0 Å². The zero-order valence-electron chi connectivity index (χ0n) is 9.08. The molecule has 4 nitrogen and oxygen atoms in total. The molecule has 1 heterocycles. The zero-order valence-corrected chi connectivity index (χ0v) is 9.08. The Morgan fingerprint density at radius 1 is 1.57 bits per heavy atom. The van der Waals surface area contributed by atoms with E-state index >= 15 is 0 Å². The summed E-state index contributed by atoms with van der Waals surface area (Å²) in [5, 5.41) is 3.21. The van der Waals surface area contributed by atoms with Gasteiger partial charge in [-0.15, -0.1) is 0 Å². The van der Waals surface area contributed by atoms with E-state index in [1.807, 2.05) is 11.8 Å². The van der Waals surface area contributed by atoms with Gasteiger partial charge in [-0.2, -0.15) is 0 Å². The predicted molar refractivity (Wildman–Crippen MR) is 55.2 cm³/mol. The van der Waals surface area contributed by atoms with Crippen LogP contribution < -0.4 is 5.32 Å². The van der Waals surface area contributed by atoms with E-state index in [0.29, 0.717) is 13.2 Å². The van der Waals surface area contributed by atoms with Crippen LogP contribution in [0.3, 0.4) is 0 Å². The molecule has 0 spiro atoms. The number of ether oxygens (including phenoxy) is 1. The highest BCUT2D eigenvalue weighted by Gasteiger charge is 2.20. The third-order valence-electron chi connectivity index (χ3n) is 2.55. The SMILES string of the molecule is COCCN1CCCCNC(C)C1=O. The molecule has 1 fully saturated rings. The fourth-order valence-corrected chi connectivity index (χ4v) is 1.64. The Labute approximate surface area is 85.6 Å². The van der Waals surface area contributed by atoms with Crippen molar-refractivity contribution in [3.05, 3.63) is 0 Å². The first-order valence-corrected chi connectivity index (χ1v) is 5.27. The molecule has 1 rings (SSSR count). The molecule has 82 valence electrons. The molecule has 1 saturated heterocycles. The third kappa shape index (κ3) is 3.27. The summed E-state index contributed by atoms with van der Waals surface area (Å²) in [6.45, 7) is 5.08. The molecule has 1 aliphatic rings. The van der Waals surface area contributed by atoms with E-state index in [1.165, 1.54) is 0 Å². The molecule has 0 aromatic heterocycles. The van der Waals surface area contributed by atoms with Gasteiger partial charge in [-0.1, -0.05) is 0 Å². The Morgan fingerprint density at radius 2 is 2.36 bits per heavy atom. The van der Waals surface area contributed by atoms with E-state index in [1.54, 1.807) is 7.11 Å². The summed E-state index contributed by atoms with van der Waals surface area (Å²) in [4.78, 5) is 13.7. The fraction of sp³-hybridized carbons (Fsp3) is 0.900. The van der Waals surface area contributed by atoms with Crippen LogP contribution in [0.5, 0.6) is 0 Å². The average Bonchev–Trinajstić information content (AvgIpc) is 2.19. The topological polar surface area (TPSA) is 41.6 Å². The summed E-state index contributed by atoms with van der Waals surface area (Å²) < 4.78 is 4.99. The molecule has 14 heavy (non-hydrogen) atoms. The van der Waals surface area contributed by atoms with Crippen molar-refractivity contribution >= 4 is 5.91 Å². The van der Waals surface area contributed by atoms with Gasteiger partial charge >= 0.3 is 0 Å². The number of nitrogens with one attached hydrogen (secondary N) is 1. The number of hydrogen-bond acceptors (Lipinski definition) is 3. The van der Waals surface area contributed by atoms with Gasteiger partial charge in [0.1, 0.15) is 0 Å². The molecular formula is C10H20N2O2. The van der Waals surface area contributed by atoms with Crippen molar-refractivity contribution in [1.82, 2.24) is 10.2 Å². The van der Waals surface area contributed by atoms with Crippen molar-refractivity contribution in [2.75, 3.05) is 33.4 Å². The maximum absolute atomic E-state index is 11.8. The van der Waals surface area contributed by atoms with Crippen LogP contribution in [0.1, 0.15) is 19.8 Å². The molecule has 1 aliphatic heterocycles. The van der Waals surface area contributed by atoms with Crippen LogP contribution >= 0.6 is 0 Å². The highest BCUT2D eigenvalue weighted by molar-refractivity contribution is 5.81. The van der Waals surface area contributed by atoms with E-state index in [2.05, 4.69) is 5.32 Å². The molecule has 0 aromatic carbocycles. The Kier molecular flexibility index (Phi) is 4.90. The molecule has 1 N–H and O–H groups in total. The van der Waals surface area contributed by atoms with Crippen molar-refractivity contribution in [2.24, 2.45) is 0 Å². The van der Waals surface area contributed by atoms with Crippen molar-refractivity contribution in [3.63, 3.8) is 0 Å². The number of carbonyl (C=O) groups excluding carboxylic acids is 1. The van der Waals surface area contributed by atoms with Crippen LogP contribution in [-0.2, 0) is 9.53 Å². The molecular weight excluding hydrogens is 180 g/mol. The Hall–Kier alpha value is -0.610. The smallest absolute Gasteiger partial charge is 0.239 e. The quantitative estimate of drug-likeness (QED) is 0.709. The van der Waals surface area contributed by atoms with Gasteiger partial charge in [0.25, 0.3) is 0 Å². The molecule has 1 unspecified atom stereocenters. The van der Waals surface area contributed by atoms with Crippen molar-refractivity contribution in [3.8, 4) is 0 Å². The highest BCUT2D eigenvalue weighted by atomic mass is 16.5. The minimum absolute atomic E-state index is 0.0489. The van der Waals surface area contributed by atoms with Gasteiger partial charge in [-0.05, 0) is 26.3 Å². The lowest BCUT2D eigenvalue weighted by atomic mass is 10.2. The molecule has 0 aromatic rings. The predicted octanol–water partition coefficient (Wildman–Crippen LogP) is 0.233. The second-order valence-corrected chi connectivity index (χ2v) is 3.70. The summed E-state index contributed by atoms with van der Waals surface area (Å²) >= 11 is 0. The van der Waals surface area contributed by atoms with Crippen LogP contribution in [0.15, 0.2) is 0 Å². The van der Waals surface area contributed by atoms with E-state index in [4.69, 9.17) is 4.74 Å². The van der Waals surface area contributed by atoms with Gasteiger partial charge in [0.15, 0.2) is 0 Å². The summed E-state index contributed by atoms with van der Waals surface area (Å²) in [5.74, 6) is 0.196. The molecule has 1 amide bonds. The highest BCUT2D eigenvalue weighted by Crippen LogP contribution is 2.03. The number of amides is 1. The molecule has 0 aliphatic carbocycles. The van der Waals surface area contributed by atoms with Crippen LogP contribution in [0.25, 0.3) is 0 Å². The van der Waals surface area contributed by atoms with Gasteiger partial charge in [0, 0.05) is 20.2 Å². The molecule has 4 heteroatoms. The minimum atomic E-state index is -0.0489. The van der Waals surface area contributed by atoms with E-state index in [9.17, 15) is 4.79 Å². The zero-order chi connectivity index (χ0) is 10.4. The van der Waals surface area contributed by atoms with Crippen molar-refractivity contribution in [1.29, 1.82) is 0 Å². The molecule has 0 bridgehead atoms. The van der Waals surface area contributed by atoms with Gasteiger partial charge < -0.3 is 15.0 Å². The van der Waals surface area contributed by atoms with Gasteiger partial charge in [0.2, 0.25) is 5.91 Å². The fourth-order valence-electron chi connectivity index (χ4n) is 1.64. The van der Waals surface area contributed by atoms with E-state index in [-0.39, 0.29) is 11.9 Å². The second kappa shape index (κ2) is 5.98. The minimum Gasteiger partial charge on any atom is -0.383 e. The first-order chi connectivity index (χ1) is 6.75. The summed E-state index contributed by atoms with van der Waals surface area (Å²) in [6.07, 6.45) is 2.22. The van der Waals surface area contributed by atoms with Crippen molar-refractivity contribution < 1.29 is 9.53 Å². The maximum Gasteiger partial charge on any atom is 0.239 e. The van der Waals surface area contributed by atoms with Crippen LogP contribution in [0, 0.1) is 0 Å². The van der Waals surface area contributed by atoms with Gasteiger partial charge in [0.05, 0.1) is 12.6 Å². The molecule has 0 saturated carbocycles. The van der Waals surface area contributed by atoms with Crippen LogP contribution in [0.2, 0.25) is 0 Å². The maximum atomic E-state index is 11.8. The first kappa shape index (κ1) is 11.5. The monoisotopic (exact) mass is 200 g/mol. The normalized spacial score (nSPS) is 24.6. The van der Waals surface area contributed by atoms with Gasteiger partial charge in [-0.25, -0.2) is 0 Å². The Bertz CT molecular complexity index is 183. The number of nitrogens with zero attached hydrogens (tertiary/aromatic N) is 1. The Morgan fingerprint density at radius 3 is 3.07 bits per heavy atom. The molecule has 0 radical (unpaired) electrons. The Balaban J connectivity index is 2.46. The summed E-state index contributed by atoms with van der Waals surface area (Å²) in [6, 6.07) is -0.0489. The summed E-state index contributed by atoms with van der Waals surface area (Å²) in [7, 11) is 1.66. The second-order valence-electron chi connectivity index (χ2n) is 3.70. The first-order valence-electron chi connectivity index (χ1n) is 5.27. The lowest BCUT2D eigenvalue weighted by Gasteiger charge is -2.28. The lowest BCUT2D eigenvalue weighted by molar-refractivity contribution is -0.134. The van der Waals surface area contributed by atoms with E-state index in [0.717, 1.165) is 25.9 Å². The van der Waals surface area contributed by atoms with Crippen molar-refractivity contribution in [2.45, 2.75) is 25.8 Å². The van der Waals surface area contributed by atoms with Crippen LogP contribution in [-0.4, -0.2) is 50.2 Å². The largest absolute Gasteiger partial charge is 0.383 e.